The number of carbonyl (C=O) groups is 1. The molecule has 0 bridgehead atoms. The number of thiazole rings is 1. The molecule has 7 heteroatoms. The molecule has 2 aromatic heterocycles. The van der Waals surface area contributed by atoms with Gasteiger partial charge >= 0.3 is 5.63 Å². The Morgan fingerprint density at radius 3 is 2.78 bits per heavy atom. The van der Waals surface area contributed by atoms with Crippen molar-refractivity contribution in [3.05, 3.63) is 69.9 Å². The predicted octanol–water partition coefficient (Wildman–Crippen LogP) is 3.69. The number of carbonyl (C=O) groups excluding carboxylic acids is 1. The lowest BCUT2D eigenvalue weighted by molar-refractivity contribution is 0.100. The van der Waals surface area contributed by atoms with E-state index in [0.29, 0.717) is 33.2 Å². The zero-order valence-corrected chi connectivity index (χ0v) is 15.1. The molecular weight excluding hydrogens is 364 g/mol. The van der Waals surface area contributed by atoms with Gasteiger partial charge in [0.15, 0.2) is 11.3 Å². The van der Waals surface area contributed by atoms with Gasteiger partial charge in [-0.3, -0.25) is 4.79 Å². The SMILES string of the molecule is COc1cccc2cc(-c3csc(-c4cccc(C(N)=O)c4)n3)c(=O)oc12. The van der Waals surface area contributed by atoms with Gasteiger partial charge in [0.25, 0.3) is 0 Å². The molecule has 0 unspecified atom stereocenters. The predicted molar refractivity (Wildman–Crippen MR) is 104 cm³/mol. The Morgan fingerprint density at radius 1 is 1.19 bits per heavy atom. The molecule has 4 aromatic rings. The van der Waals surface area contributed by atoms with E-state index in [4.69, 9.17) is 14.9 Å². The number of fused-ring (bicyclic) bond motifs is 1. The Labute approximate surface area is 157 Å². The van der Waals surface area contributed by atoms with Gasteiger partial charge in [-0.25, -0.2) is 9.78 Å². The summed E-state index contributed by atoms with van der Waals surface area (Å²) in [6, 6.07) is 14.0. The molecule has 0 aliphatic rings. The number of benzene rings is 2. The van der Waals surface area contributed by atoms with Crippen LogP contribution in [0.5, 0.6) is 5.75 Å². The first-order valence-corrected chi connectivity index (χ1v) is 8.92. The van der Waals surface area contributed by atoms with Crippen molar-refractivity contribution in [1.82, 2.24) is 4.98 Å². The third-order valence-corrected chi connectivity index (χ3v) is 5.01. The highest BCUT2D eigenvalue weighted by atomic mass is 32.1. The van der Waals surface area contributed by atoms with E-state index in [0.717, 1.165) is 10.9 Å². The first kappa shape index (κ1) is 17.0. The monoisotopic (exact) mass is 378 g/mol. The van der Waals surface area contributed by atoms with Gasteiger partial charge in [-0.2, -0.15) is 0 Å². The van der Waals surface area contributed by atoms with Crippen molar-refractivity contribution in [2.75, 3.05) is 7.11 Å². The second kappa shape index (κ2) is 6.69. The van der Waals surface area contributed by atoms with Crippen LogP contribution in [0.25, 0.3) is 32.8 Å². The number of aromatic nitrogens is 1. The minimum atomic E-state index is -0.502. The molecule has 6 nitrogen and oxygen atoms in total. The fourth-order valence-corrected chi connectivity index (χ4v) is 3.61. The Kier molecular flexibility index (Phi) is 4.21. The Hall–Kier alpha value is -3.45. The molecule has 0 atom stereocenters. The van der Waals surface area contributed by atoms with E-state index < -0.39 is 11.5 Å². The van der Waals surface area contributed by atoms with Crippen LogP contribution in [0.2, 0.25) is 0 Å². The Balaban J connectivity index is 1.80. The van der Waals surface area contributed by atoms with Crippen LogP contribution in [0, 0.1) is 0 Å². The fourth-order valence-electron chi connectivity index (χ4n) is 2.79. The van der Waals surface area contributed by atoms with E-state index in [1.54, 1.807) is 35.7 Å². The molecule has 0 aliphatic heterocycles. The molecule has 4 rings (SSSR count). The standard InChI is InChI=1S/C20H14N2O4S/c1-25-16-7-3-4-11-9-14(20(24)26-17(11)16)15-10-27-19(22-15)13-6-2-5-12(8-13)18(21)23/h2-10H,1H3,(H2,21,23). The normalized spacial score (nSPS) is 10.9. The average Bonchev–Trinajstić information content (AvgIpc) is 3.17. The molecular formula is C20H14N2O4S. The van der Waals surface area contributed by atoms with Crippen LogP contribution < -0.4 is 16.1 Å². The summed E-state index contributed by atoms with van der Waals surface area (Å²) in [7, 11) is 1.52. The summed E-state index contributed by atoms with van der Waals surface area (Å²) in [6.07, 6.45) is 0. The maximum absolute atomic E-state index is 12.5. The number of hydrogen-bond acceptors (Lipinski definition) is 6. The largest absolute Gasteiger partial charge is 0.493 e. The number of rotatable bonds is 4. The Morgan fingerprint density at radius 2 is 2.00 bits per heavy atom. The van der Waals surface area contributed by atoms with Gasteiger partial charge < -0.3 is 14.9 Å². The van der Waals surface area contributed by atoms with Gasteiger partial charge in [0, 0.05) is 21.9 Å². The van der Waals surface area contributed by atoms with Crippen molar-refractivity contribution in [3.8, 4) is 27.6 Å². The van der Waals surface area contributed by atoms with E-state index in [2.05, 4.69) is 4.98 Å². The van der Waals surface area contributed by atoms with Gasteiger partial charge in [0.2, 0.25) is 5.91 Å². The number of nitrogens with two attached hydrogens (primary N) is 1. The molecule has 27 heavy (non-hydrogen) atoms. The molecule has 2 N–H and O–H groups in total. The van der Waals surface area contributed by atoms with E-state index >= 15 is 0 Å². The number of hydrogen-bond donors (Lipinski definition) is 1. The molecule has 134 valence electrons. The molecule has 2 heterocycles. The maximum atomic E-state index is 12.5. The van der Waals surface area contributed by atoms with Crippen molar-refractivity contribution in [2.45, 2.75) is 0 Å². The molecule has 0 radical (unpaired) electrons. The number of ether oxygens (including phenoxy) is 1. The van der Waals surface area contributed by atoms with Gasteiger partial charge in [0.1, 0.15) is 5.01 Å². The highest BCUT2D eigenvalue weighted by Gasteiger charge is 2.15. The molecule has 0 saturated carbocycles. The zero-order chi connectivity index (χ0) is 19.0. The molecule has 0 fully saturated rings. The summed E-state index contributed by atoms with van der Waals surface area (Å²) in [5.74, 6) is -0.00358. The smallest absolute Gasteiger partial charge is 0.345 e. The van der Waals surface area contributed by atoms with Crippen molar-refractivity contribution < 1.29 is 13.9 Å². The molecule has 1 amide bonds. The maximum Gasteiger partial charge on any atom is 0.345 e. The lowest BCUT2D eigenvalue weighted by Crippen LogP contribution is -2.10. The van der Waals surface area contributed by atoms with E-state index in [1.807, 2.05) is 18.2 Å². The van der Waals surface area contributed by atoms with Gasteiger partial charge in [-0.05, 0) is 24.3 Å². The first-order valence-electron chi connectivity index (χ1n) is 8.04. The van der Waals surface area contributed by atoms with Crippen LogP contribution in [0.1, 0.15) is 10.4 Å². The summed E-state index contributed by atoms with van der Waals surface area (Å²) in [5.41, 5.74) is 7.28. The molecule has 0 saturated heterocycles. The topological polar surface area (TPSA) is 95.4 Å². The van der Waals surface area contributed by atoms with Gasteiger partial charge in [-0.15, -0.1) is 11.3 Å². The summed E-state index contributed by atoms with van der Waals surface area (Å²) in [5, 5.41) is 3.21. The summed E-state index contributed by atoms with van der Waals surface area (Å²) >= 11 is 1.37. The summed E-state index contributed by atoms with van der Waals surface area (Å²) in [4.78, 5) is 28.4. The van der Waals surface area contributed by atoms with Crippen molar-refractivity contribution in [3.63, 3.8) is 0 Å². The van der Waals surface area contributed by atoms with Crippen LogP contribution in [-0.2, 0) is 0 Å². The summed E-state index contributed by atoms with van der Waals surface area (Å²) < 4.78 is 10.7. The van der Waals surface area contributed by atoms with Crippen LogP contribution in [-0.4, -0.2) is 18.0 Å². The second-order valence-corrected chi connectivity index (χ2v) is 6.67. The molecule has 0 spiro atoms. The molecule has 2 aromatic carbocycles. The fraction of sp³-hybridized carbons (Fsp3) is 0.0500. The first-order chi connectivity index (χ1) is 13.1. The van der Waals surface area contributed by atoms with Crippen LogP contribution in [0.3, 0.4) is 0 Å². The minimum Gasteiger partial charge on any atom is -0.493 e. The number of methoxy groups -OCH3 is 1. The van der Waals surface area contributed by atoms with E-state index in [1.165, 1.54) is 18.4 Å². The van der Waals surface area contributed by atoms with Crippen molar-refractivity contribution in [1.29, 1.82) is 0 Å². The van der Waals surface area contributed by atoms with E-state index in [9.17, 15) is 9.59 Å². The Bertz CT molecular complexity index is 1230. The van der Waals surface area contributed by atoms with Gasteiger partial charge in [0.05, 0.1) is 18.4 Å². The van der Waals surface area contributed by atoms with Crippen LogP contribution >= 0.6 is 11.3 Å². The van der Waals surface area contributed by atoms with Crippen LogP contribution in [0.4, 0.5) is 0 Å². The highest BCUT2D eigenvalue weighted by Crippen LogP contribution is 2.31. The number of nitrogens with zero attached hydrogens (tertiary/aromatic N) is 1. The lowest BCUT2D eigenvalue weighted by Gasteiger charge is -2.04. The number of para-hydroxylation sites is 1. The van der Waals surface area contributed by atoms with Gasteiger partial charge in [-0.1, -0.05) is 24.3 Å². The number of amides is 1. The van der Waals surface area contributed by atoms with Crippen molar-refractivity contribution in [2.24, 2.45) is 5.73 Å². The summed E-state index contributed by atoms with van der Waals surface area (Å²) in [6.45, 7) is 0. The quantitative estimate of drug-likeness (QED) is 0.547. The number of primary amides is 1. The second-order valence-electron chi connectivity index (χ2n) is 5.81. The third-order valence-electron chi connectivity index (χ3n) is 4.12. The van der Waals surface area contributed by atoms with Crippen molar-refractivity contribution >= 4 is 28.2 Å². The van der Waals surface area contributed by atoms with Crippen LogP contribution in [0.15, 0.2) is 63.1 Å². The zero-order valence-electron chi connectivity index (χ0n) is 14.3. The highest BCUT2D eigenvalue weighted by molar-refractivity contribution is 7.13. The minimum absolute atomic E-state index is 0.365. The van der Waals surface area contributed by atoms with E-state index in [-0.39, 0.29) is 0 Å². The lowest BCUT2D eigenvalue weighted by atomic mass is 10.1. The average molecular weight is 378 g/mol. The molecule has 0 aliphatic carbocycles. The third kappa shape index (κ3) is 3.09.